The van der Waals surface area contributed by atoms with Gasteiger partial charge in [0, 0.05) is 22.5 Å². The molecule has 2 aromatic heterocycles. The van der Waals surface area contributed by atoms with E-state index in [4.69, 9.17) is 0 Å². The summed E-state index contributed by atoms with van der Waals surface area (Å²) in [5.41, 5.74) is -0.710. The summed E-state index contributed by atoms with van der Waals surface area (Å²) in [4.78, 5) is 2.17. The van der Waals surface area contributed by atoms with E-state index in [-0.39, 0.29) is 0 Å². The van der Waals surface area contributed by atoms with Gasteiger partial charge in [-0.3, -0.25) is 4.68 Å². The Hall–Kier alpha value is -1.34. The van der Waals surface area contributed by atoms with Gasteiger partial charge in [-0.25, -0.2) is 0 Å². The van der Waals surface area contributed by atoms with Crippen LogP contribution >= 0.6 is 11.3 Å². The maximum Gasteiger partial charge on any atom is 0.419 e. The highest BCUT2D eigenvalue weighted by Gasteiger charge is 2.32. The monoisotopic (exact) mass is 317 g/mol. The van der Waals surface area contributed by atoms with E-state index < -0.39 is 11.7 Å². The van der Waals surface area contributed by atoms with Crippen molar-refractivity contribution in [3.63, 3.8) is 0 Å². The largest absolute Gasteiger partial charge is 0.419 e. The van der Waals surface area contributed by atoms with Crippen molar-refractivity contribution in [3.05, 3.63) is 39.8 Å². The van der Waals surface area contributed by atoms with E-state index >= 15 is 0 Å². The summed E-state index contributed by atoms with van der Waals surface area (Å²) < 4.78 is 38.8. The van der Waals surface area contributed by atoms with Gasteiger partial charge in [0.15, 0.2) is 0 Å². The van der Waals surface area contributed by atoms with Crippen LogP contribution in [-0.2, 0) is 19.3 Å². The number of hydrogen-bond acceptors (Lipinski definition) is 3. The molecule has 0 aliphatic heterocycles. The van der Waals surface area contributed by atoms with Crippen molar-refractivity contribution in [3.8, 4) is 0 Å². The summed E-state index contributed by atoms with van der Waals surface area (Å²) in [6, 6.07) is 3.94. The Morgan fingerprint density at radius 2 is 2.00 bits per heavy atom. The molecular weight excluding hydrogens is 299 g/mol. The van der Waals surface area contributed by atoms with E-state index in [0.717, 1.165) is 30.4 Å². The summed E-state index contributed by atoms with van der Waals surface area (Å²) in [5, 5.41) is 7.10. The summed E-state index contributed by atoms with van der Waals surface area (Å²) in [6.07, 6.45) is -2.44. The van der Waals surface area contributed by atoms with Crippen LogP contribution in [-0.4, -0.2) is 16.3 Å². The zero-order valence-electron chi connectivity index (χ0n) is 11.9. The van der Waals surface area contributed by atoms with Crippen LogP contribution in [0.3, 0.4) is 0 Å². The van der Waals surface area contributed by atoms with Crippen LogP contribution in [0.25, 0.3) is 0 Å². The lowest BCUT2D eigenvalue weighted by Crippen LogP contribution is -2.18. The molecule has 2 aromatic rings. The molecule has 0 saturated carbocycles. The second kappa shape index (κ2) is 6.62. The van der Waals surface area contributed by atoms with Gasteiger partial charge in [-0.15, -0.1) is 11.3 Å². The van der Waals surface area contributed by atoms with E-state index in [1.807, 2.05) is 12.1 Å². The second-order valence-electron chi connectivity index (χ2n) is 5.32. The van der Waals surface area contributed by atoms with E-state index in [1.165, 1.54) is 9.56 Å². The molecule has 0 saturated heterocycles. The number of rotatable bonds is 6. The van der Waals surface area contributed by atoms with E-state index in [2.05, 4.69) is 24.3 Å². The summed E-state index contributed by atoms with van der Waals surface area (Å²) in [7, 11) is 0. The fourth-order valence-corrected chi connectivity index (χ4v) is 2.82. The van der Waals surface area contributed by atoms with Crippen LogP contribution < -0.4 is 5.32 Å². The molecule has 116 valence electrons. The molecule has 0 fully saturated rings. The Morgan fingerprint density at radius 3 is 2.62 bits per heavy atom. The van der Waals surface area contributed by atoms with Gasteiger partial charge in [-0.1, -0.05) is 13.8 Å². The Balaban J connectivity index is 1.91. The van der Waals surface area contributed by atoms with Gasteiger partial charge in [0.25, 0.3) is 0 Å². The number of halogens is 3. The molecule has 3 nitrogen and oxygen atoms in total. The molecule has 2 rings (SSSR count). The van der Waals surface area contributed by atoms with Gasteiger partial charge in [0.1, 0.15) is 0 Å². The molecule has 7 heteroatoms. The molecule has 21 heavy (non-hydrogen) atoms. The highest BCUT2D eigenvalue weighted by molar-refractivity contribution is 7.11. The maximum absolute atomic E-state index is 12.5. The number of hydrogen-bond donors (Lipinski definition) is 1. The zero-order valence-corrected chi connectivity index (χ0v) is 12.8. The van der Waals surface area contributed by atoms with Crippen LogP contribution in [0, 0.1) is 5.92 Å². The van der Waals surface area contributed by atoms with Crippen molar-refractivity contribution >= 4 is 11.3 Å². The van der Waals surface area contributed by atoms with E-state index in [1.54, 1.807) is 11.3 Å². The lowest BCUT2D eigenvalue weighted by molar-refractivity contribution is -0.137. The molecular formula is C14H18F3N3S. The molecule has 0 amide bonds. The molecule has 1 N–H and O–H groups in total. The zero-order chi connectivity index (χ0) is 15.5. The summed E-state index contributed by atoms with van der Waals surface area (Å²) in [6.45, 7) is 6.38. The molecule has 0 aromatic carbocycles. The van der Waals surface area contributed by atoms with Crippen LogP contribution in [0.4, 0.5) is 13.2 Å². The Kier molecular flexibility index (Phi) is 5.05. The van der Waals surface area contributed by atoms with Gasteiger partial charge in [0.05, 0.1) is 18.3 Å². The Morgan fingerprint density at radius 1 is 1.29 bits per heavy atom. The lowest BCUT2D eigenvalue weighted by atomic mass is 10.2. The number of alkyl halides is 3. The highest BCUT2D eigenvalue weighted by Crippen LogP contribution is 2.28. The van der Waals surface area contributed by atoms with Crippen molar-refractivity contribution < 1.29 is 13.2 Å². The predicted octanol–water partition coefficient (Wildman–Crippen LogP) is 3.76. The standard InChI is InChI=1S/C14H18F3N3S/c1-10(2)5-18-7-12-3-4-13(21-12)9-20-8-11(6-19-20)14(15,16)17/h3-4,6,8,10,18H,5,7,9H2,1-2H3. The first-order valence-electron chi connectivity index (χ1n) is 6.72. The number of aromatic nitrogens is 2. The van der Waals surface area contributed by atoms with Gasteiger partial charge in [-0.05, 0) is 24.6 Å². The maximum atomic E-state index is 12.5. The third-order valence-corrected chi connectivity index (χ3v) is 3.92. The molecule has 0 radical (unpaired) electrons. The first kappa shape index (κ1) is 16.0. The van der Waals surface area contributed by atoms with Gasteiger partial charge in [0.2, 0.25) is 0 Å². The van der Waals surface area contributed by atoms with Crippen LogP contribution in [0.2, 0.25) is 0 Å². The Labute approximate surface area is 125 Å². The number of nitrogens with zero attached hydrogens (tertiary/aromatic N) is 2. The molecule has 2 heterocycles. The second-order valence-corrected chi connectivity index (χ2v) is 6.57. The quantitative estimate of drug-likeness (QED) is 0.879. The van der Waals surface area contributed by atoms with Crippen LogP contribution in [0.1, 0.15) is 29.2 Å². The first-order valence-corrected chi connectivity index (χ1v) is 7.54. The number of thiophene rings is 1. The topological polar surface area (TPSA) is 29.9 Å². The van der Waals surface area contributed by atoms with Crippen molar-refractivity contribution in [1.82, 2.24) is 15.1 Å². The minimum atomic E-state index is -4.33. The van der Waals surface area contributed by atoms with E-state index in [0.29, 0.717) is 12.5 Å². The average Bonchev–Trinajstić information content (AvgIpc) is 2.98. The SMILES string of the molecule is CC(C)CNCc1ccc(Cn2cc(C(F)(F)F)cn2)s1. The molecule has 0 bridgehead atoms. The predicted molar refractivity (Wildman–Crippen MR) is 77.2 cm³/mol. The van der Waals surface area contributed by atoms with Crippen molar-refractivity contribution in [2.75, 3.05) is 6.54 Å². The fraction of sp³-hybridized carbons (Fsp3) is 0.500. The van der Waals surface area contributed by atoms with Crippen molar-refractivity contribution in [1.29, 1.82) is 0 Å². The van der Waals surface area contributed by atoms with Crippen molar-refractivity contribution in [2.24, 2.45) is 5.92 Å². The van der Waals surface area contributed by atoms with Gasteiger partial charge >= 0.3 is 6.18 Å². The molecule has 0 aliphatic rings. The van der Waals surface area contributed by atoms with Crippen LogP contribution in [0.5, 0.6) is 0 Å². The smallest absolute Gasteiger partial charge is 0.312 e. The fourth-order valence-electron chi connectivity index (χ4n) is 1.84. The Bertz CT molecular complexity index is 572. The normalized spacial score (nSPS) is 12.3. The van der Waals surface area contributed by atoms with Crippen LogP contribution in [0.15, 0.2) is 24.5 Å². The minimum Gasteiger partial charge on any atom is -0.312 e. The van der Waals surface area contributed by atoms with Crippen molar-refractivity contribution in [2.45, 2.75) is 33.1 Å². The molecule has 0 unspecified atom stereocenters. The average molecular weight is 317 g/mol. The highest BCUT2D eigenvalue weighted by atomic mass is 32.1. The first-order chi connectivity index (χ1) is 9.84. The molecule has 0 atom stereocenters. The third kappa shape index (κ3) is 4.86. The van der Waals surface area contributed by atoms with Gasteiger partial charge in [-0.2, -0.15) is 18.3 Å². The summed E-state index contributed by atoms with van der Waals surface area (Å²) in [5.74, 6) is 0.592. The summed E-state index contributed by atoms with van der Waals surface area (Å²) >= 11 is 1.59. The third-order valence-electron chi connectivity index (χ3n) is 2.85. The number of nitrogens with one attached hydrogen (secondary N) is 1. The minimum absolute atomic E-state index is 0.366. The molecule has 0 aliphatic carbocycles. The molecule has 0 spiro atoms. The lowest BCUT2D eigenvalue weighted by Gasteiger charge is -2.05. The van der Waals surface area contributed by atoms with E-state index in [9.17, 15) is 13.2 Å². The van der Waals surface area contributed by atoms with Gasteiger partial charge < -0.3 is 5.32 Å².